The number of nitriles is 2. The van der Waals surface area contributed by atoms with E-state index < -0.39 is 0 Å². The number of hydrogen-bond donors (Lipinski definition) is 0. The molecular formula is C66H42N6S. The minimum Gasteiger partial charge on any atom is -0.306 e. The molecule has 15 aromatic rings. The Hall–Kier alpha value is -9.40. The number of nitrogens with zero attached hydrogens (tertiary/aromatic N) is 6. The van der Waals surface area contributed by atoms with Gasteiger partial charge in [-0.25, -0.2) is 0 Å². The van der Waals surface area contributed by atoms with Gasteiger partial charge < -0.3 is 18.3 Å². The topological polar surface area (TPSA) is 67.3 Å². The highest BCUT2D eigenvalue weighted by molar-refractivity contribution is 7.26. The molecule has 0 atom stereocenters. The molecule has 0 aliphatic carbocycles. The second-order valence-electron chi connectivity index (χ2n) is 20.2. The smallest absolute Gasteiger partial charge is 0.104 e. The van der Waals surface area contributed by atoms with Crippen molar-refractivity contribution in [2.24, 2.45) is 0 Å². The lowest BCUT2D eigenvalue weighted by molar-refractivity contribution is 0.591. The zero-order chi connectivity index (χ0) is 48.9. The maximum absolute atomic E-state index is 12.5. The number of hydrogen-bond acceptors (Lipinski definition) is 3. The van der Waals surface area contributed by atoms with Crippen LogP contribution in [-0.2, 0) is 5.41 Å². The molecule has 0 spiro atoms. The van der Waals surface area contributed by atoms with Crippen molar-refractivity contribution in [3.8, 4) is 34.9 Å². The Kier molecular flexibility index (Phi) is 8.54. The maximum Gasteiger partial charge on any atom is 0.104 e. The number of rotatable bonds is 4. The molecule has 10 aromatic carbocycles. The molecule has 0 N–H and O–H groups in total. The second-order valence-corrected chi connectivity index (χ2v) is 21.3. The lowest BCUT2D eigenvalue weighted by Gasteiger charge is -2.27. The monoisotopic (exact) mass is 950 g/mol. The maximum atomic E-state index is 12.5. The van der Waals surface area contributed by atoms with Crippen LogP contribution in [0.1, 0.15) is 37.5 Å². The van der Waals surface area contributed by atoms with Crippen LogP contribution in [0, 0.1) is 22.7 Å². The number of thiophene rings is 1. The van der Waals surface area contributed by atoms with Gasteiger partial charge in [0, 0.05) is 58.6 Å². The zero-order valence-corrected chi connectivity index (χ0v) is 41.0. The molecule has 15 rings (SSSR count). The van der Waals surface area contributed by atoms with Crippen molar-refractivity contribution in [1.29, 1.82) is 10.5 Å². The van der Waals surface area contributed by atoms with E-state index in [9.17, 15) is 10.5 Å². The summed E-state index contributed by atoms with van der Waals surface area (Å²) in [5, 5.41) is 35.9. The number of fused-ring (bicyclic) bond motifs is 16. The zero-order valence-electron chi connectivity index (χ0n) is 40.1. The Bertz CT molecular complexity index is 4680. The van der Waals surface area contributed by atoms with Crippen LogP contribution < -0.4 is 0 Å². The predicted molar refractivity (Wildman–Crippen MR) is 305 cm³/mol. The molecule has 342 valence electrons. The van der Waals surface area contributed by atoms with Gasteiger partial charge in [0.25, 0.3) is 0 Å². The Labute approximate surface area is 423 Å². The van der Waals surface area contributed by atoms with Gasteiger partial charge in [-0.1, -0.05) is 166 Å². The van der Waals surface area contributed by atoms with Crippen LogP contribution >= 0.6 is 11.3 Å². The van der Waals surface area contributed by atoms with E-state index in [1.807, 2.05) is 12.1 Å². The summed E-state index contributed by atoms with van der Waals surface area (Å²) >= 11 is 1.80. The molecule has 5 aromatic heterocycles. The fourth-order valence-corrected chi connectivity index (χ4v) is 13.5. The quantitative estimate of drug-likeness (QED) is 0.176. The summed E-state index contributed by atoms with van der Waals surface area (Å²) in [6.45, 7) is 6.80. The van der Waals surface area contributed by atoms with Gasteiger partial charge in [0.2, 0.25) is 0 Å². The van der Waals surface area contributed by atoms with Gasteiger partial charge in [-0.05, 0) is 65.6 Å². The van der Waals surface area contributed by atoms with E-state index in [0.717, 1.165) is 103 Å². The van der Waals surface area contributed by atoms with Crippen molar-refractivity contribution in [2.45, 2.75) is 26.2 Å². The Morgan fingerprint density at radius 2 is 0.712 bits per heavy atom. The normalized spacial score (nSPS) is 12.3. The summed E-state index contributed by atoms with van der Waals surface area (Å²) in [5.41, 5.74) is 12.1. The van der Waals surface area contributed by atoms with E-state index in [0.29, 0.717) is 28.2 Å². The van der Waals surface area contributed by atoms with Gasteiger partial charge in [-0.3, -0.25) is 0 Å². The molecule has 0 amide bonds. The Morgan fingerprint density at radius 1 is 0.342 bits per heavy atom. The SMILES string of the molecule is CC(C)(C)c1ccc2c(c1)c1ccc3c4ccccc4sc3c1n2-c1c(-n2c3ccccc3c3ccccc32)c(C#N)c(-n2c3ccccc3c3ccccc32)c(C#N)c1-n1c2ccccc2c2ccccc21. The van der Waals surface area contributed by atoms with E-state index in [4.69, 9.17) is 0 Å². The van der Waals surface area contributed by atoms with Crippen LogP contribution in [-0.4, -0.2) is 18.3 Å². The van der Waals surface area contributed by atoms with Crippen LogP contribution in [0.25, 0.3) is 130 Å². The van der Waals surface area contributed by atoms with Gasteiger partial charge in [-0.15, -0.1) is 11.3 Å². The van der Waals surface area contributed by atoms with Crippen molar-refractivity contribution < 1.29 is 0 Å². The van der Waals surface area contributed by atoms with Gasteiger partial charge >= 0.3 is 0 Å². The number of para-hydroxylation sites is 6. The molecule has 0 saturated heterocycles. The molecule has 0 fully saturated rings. The summed E-state index contributed by atoms with van der Waals surface area (Å²) in [4.78, 5) is 0. The van der Waals surface area contributed by atoms with Crippen LogP contribution in [0.15, 0.2) is 200 Å². The molecule has 0 unspecified atom stereocenters. The van der Waals surface area contributed by atoms with Gasteiger partial charge in [0.05, 0.1) is 71.6 Å². The van der Waals surface area contributed by atoms with Crippen molar-refractivity contribution in [3.63, 3.8) is 0 Å². The molecule has 0 aliphatic heterocycles. The highest BCUT2D eigenvalue weighted by Gasteiger charge is 2.35. The Balaban J connectivity index is 1.30. The third-order valence-electron chi connectivity index (χ3n) is 15.4. The summed E-state index contributed by atoms with van der Waals surface area (Å²) in [6.07, 6.45) is 0. The van der Waals surface area contributed by atoms with Crippen LogP contribution in [0.3, 0.4) is 0 Å². The third kappa shape index (κ3) is 5.55. The standard InChI is InChI=1S/C66H42N6S/c1-66(2,3)39-32-35-58-49(36-39)47-33-34-48-46-24-10-17-31-59(46)73-65(48)63(47)72(58)64-61(70-54-27-13-6-20-42(54)43-21-7-14-28-55(43)70)50(37-67)60(69-52-25-11-4-18-40(52)41-19-5-12-26-53(41)69)51(38-68)62(64)71-56-29-15-8-22-44(56)45-23-9-16-30-57(45)71/h4-36H,1-3H3. The van der Waals surface area contributed by atoms with Gasteiger partial charge in [0.15, 0.2) is 0 Å². The van der Waals surface area contributed by atoms with E-state index in [1.54, 1.807) is 11.3 Å². The first-order valence-electron chi connectivity index (χ1n) is 24.7. The van der Waals surface area contributed by atoms with Crippen LogP contribution in [0.4, 0.5) is 0 Å². The average Bonchev–Trinajstić information content (AvgIpc) is 4.24. The minimum atomic E-state index is -0.140. The lowest BCUT2D eigenvalue weighted by Crippen LogP contribution is -2.17. The largest absolute Gasteiger partial charge is 0.306 e. The van der Waals surface area contributed by atoms with Crippen molar-refractivity contribution in [3.05, 3.63) is 217 Å². The van der Waals surface area contributed by atoms with Crippen molar-refractivity contribution >= 4 is 119 Å². The van der Waals surface area contributed by atoms with Crippen molar-refractivity contribution in [2.75, 3.05) is 0 Å². The first-order chi connectivity index (χ1) is 35.8. The molecular weight excluding hydrogens is 909 g/mol. The van der Waals surface area contributed by atoms with Crippen molar-refractivity contribution in [1.82, 2.24) is 18.3 Å². The second kappa shape index (κ2) is 15.1. The number of benzene rings is 10. The summed E-state index contributed by atoms with van der Waals surface area (Å²) in [6, 6.07) is 76.8. The van der Waals surface area contributed by atoms with E-state index in [-0.39, 0.29) is 5.41 Å². The molecule has 0 saturated carbocycles. The molecule has 7 heteroatoms. The minimum absolute atomic E-state index is 0.140. The molecule has 5 heterocycles. The Morgan fingerprint density at radius 3 is 1.14 bits per heavy atom. The summed E-state index contributed by atoms with van der Waals surface area (Å²) < 4.78 is 11.6. The third-order valence-corrected chi connectivity index (χ3v) is 16.6. The predicted octanol–water partition coefficient (Wildman–Crippen LogP) is 17.5. The van der Waals surface area contributed by atoms with Crippen LogP contribution in [0.5, 0.6) is 0 Å². The highest BCUT2D eigenvalue weighted by Crippen LogP contribution is 2.51. The fraction of sp³-hybridized carbons (Fsp3) is 0.0606. The van der Waals surface area contributed by atoms with E-state index in [2.05, 4.69) is 239 Å². The lowest BCUT2D eigenvalue weighted by atomic mass is 9.86. The first kappa shape index (κ1) is 41.4. The molecule has 0 radical (unpaired) electrons. The molecule has 73 heavy (non-hydrogen) atoms. The first-order valence-corrected chi connectivity index (χ1v) is 25.5. The average molecular weight is 951 g/mol. The van der Waals surface area contributed by atoms with E-state index >= 15 is 0 Å². The summed E-state index contributed by atoms with van der Waals surface area (Å²) in [5.74, 6) is 0. The number of aromatic nitrogens is 4. The van der Waals surface area contributed by atoms with Gasteiger partial charge in [-0.2, -0.15) is 10.5 Å². The molecule has 0 bridgehead atoms. The molecule has 0 aliphatic rings. The fourth-order valence-electron chi connectivity index (χ4n) is 12.3. The molecule has 6 nitrogen and oxygen atoms in total. The summed E-state index contributed by atoms with van der Waals surface area (Å²) in [7, 11) is 0. The highest BCUT2D eigenvalue weighted by atomic mass is 32.1. The van der Waals surface area contributed by atoms with Gasteiger partial charge in [0.1, 0.15) is 23.3 Å². The van der Waals surface area contributed by atoms with E-state index in [1.165, 1.54) is 15.6 Å². The van der Waals surface area contributed by atoms with Crippen LogP contribution in [0.2, 0.25) is 0 Å².